The van der Waals surface area contributed by atoms with E-state index in [2.05, 4.69) is 17.4 Å². The molecule has 3 aromatic rings. The smallest absolute Gasteiger partial charge is 0.134 e. The zero-order chi connectivity index (χ0) is 20.9. The maximum atomic E-state index is 10.5. The first-order valence-corrected chi connectivity index (χ1v) is 10.3. The van der Waals surface area contributed by atoms with Crippen LogP contribution in [0.5, 0.6) is 0 Å². The summed E-state index contributed by atoms with van der Waals surface area (Å²) in [7, 11) is 1.66. The summed E-state index contributed by atoms with van der Waals surface area (Å²) < 4.78 is 5.66. The molecule has 0 fully saturated rings. The van der Waals surface area contributed by atoms with E-state index in [9.17, 15) is 15.3 Å². The third-order valence-corrected chi connectivity index (χ3v) is 6.12. The Morgan fingerprint density at radius 2 is 1.52 bits per heavy atom. The third-order valence-electron chi connectivity index (χ3n) is 5.10. The fraction of sp³-hybridized carbons (Fsp3) is 0.304. The van der Waals surface area contributed by atoms with Crippen molar-refractivity contribution in [1.29, 1.82) is 0 Å². The molecule has 6 heteroatoms. The summed E-state index contributed by atoms with van der Waals surface area (Å²) in [6.45, 7) is 1.43. The predicted molar refractivity (Wildman–Crippen MR) is 115 cm³/mol. The van der Waals surface area contributed by atoms with Gasteiger partial charge in [-0.3, -0.25) is 0 Å². The molecule has 0 amide bonds. The van der Waals surface area contributed by atoms with Crippen LogP contribution in [0, 0.1) is 6.92 Å². The van der Waals surface area contributed by atoms with E-state index in [1.807, 2.05) is 55.5 Å². The second kappa shape index (κ2) is 9.61. The van der Waals surface area contributed by atoms with E-state index in [0.29, 0.717) is 0 Å². The molecule has 0 radical (unpaired) electrons. The summed E-state index contributed by atoms with van der Waals surface area (Å²) in [5.74, 6) is 1.76. The van der Waals surface area contributed by atoms with Crippen molar-refractivity contribution in [2.45, 2.75) is 34.8 Å². The highest BCUT2D eigenvalue weighted by Crippen LogP contribution is 2.32. The van der Waals surface area contributed by atoms with E-state index < -0.39 is 11.6 Å². The minimum Gasteiger partial charge on any atom is -0.461 e. The molecule has 0 aliphatic carbocycles. The minimum absolute atomic E-state index is 0.219. The summed E-state index contributed by atoms with van der Waals surface area (Å²) in [6.07, 6.45) is -0.562. The molecule has 0 aliphatic rings. The highest BCUT2D eigenvalue weighted by atomic mass is 32.2. The van der Waals surface area contributed by atoms with Gasteiger partial charge in [0.1, 0.15) is 11.5 Å². The topological polar surface area (TPSA) is 85.9 Å². The van der Waals surface area contributed by atoms with Gasteiger partial charge in [-0.15, -0.1) is 0 Å². The molecule has 1 unspecified atom stereocenters. The summed E-state index contributed by atoms with van der Waals surface area (Å²) in [4.78, 5) is 2.17. The van der Waals surface area contributed by atoms with E-state index in [1.54, 1.807) is 18.8 Å². The van der Waals surface area contributed by atoms with E-state index in [4.69, 9.17) is 4.42 Å². The van der Waals surface area contributed by atoms with Crippen LogP contribution in [0.4, 0.5) is 0 Å². The third kappa shape index (κ3) is 5.29. The molecule has 1 aromatic heterocycles. The highest BCUT2D eigenvalue weighted by molar-refractivity contribution is 7.99. The molecule has 0 saturated carbocycles. The molecule has 4 N–H and O–H groups in total. The molecule has 1 heterocycles. The first-order valence-electron chi connectivity index (χ1n) is 9.52. The lowest BCUT2D eigenvalue weighted by molar-refractivity contribution is 0.0435. The van der Waals surface area contributed by atoms with Crippen LogP contribution in [0.1, 0.15) is 23.8 Å². The van der Waals surface area contributed by atoms with Gasteiger partial charge in [0, 0.05) is 21.8 Å². The van der Waals surface area contributed by atoms with Gasteiger partial charge in [-0.25, -0.2) is 0 Å². The molecule has 3 rings (SSSR count). The molecule has 5 nitrogen and oxygen atoms in total. The van der Waals surface area contributed by atoms with Gasteiger partial charge in [0.05, 0.1) is 24.9 Å². The fourth-order valence-corrected chi connectivity index (χ4v) is 3.91. The maximum Gasteiger partial charge on any atom is 0.134 e. The number of benzene rings is 2. The molecule has 154 valence electrons. The molecule has 29 heavy (non-hydrogen) atoms. The maximum absolute atomic E-state index is 10.5. The van der Waals surface area contributed by atoms with Crippen molar-refractivity contribution in [2.24, 2.45) is 0 Å². The number of aliphatic hydroxyl groups is 3. The van der Waals surface area contributed by atoms with Gasteiger partial charge < -0.3 is 25.1 Å². The first kappa shape index (κ1) is 21.6. The summed E-state index contributed by atoms with van der Waals surface area (Å²) in [5.41, 5.74) is 0.891. The quantitative estimate of drug-likeness (QED) is 0.427. The molecule has 2 aromatic carbocycles. The zero-order valence-corrected chi connectivity index (χ0v) is 17.4. The van der Waals surface area contributed by atoms with Crippen LogP contribution in [-0.2, 0) is 0 Å². The number of furan rings is 1. The van der Waals surface area contributed by atoms with Crippen molar-refractivity contribution < 1.29 is 19.7 Å². The van der Waals surface area contributed by atoms with Gasteiger partial charge in [0.25, 0.3) is 0 Å². The Hall–Kier alpha value is -2.09. The monoisotopic (exact) mass is 413 g/mol. The SMILES string of the molecule is CNC(CO)(CO)CC(O)c1ccc(Sc2ccc(-c3ccc(C)o3)cc2)cc1. The van der Waals surface area contributed by atoms with Crippen molar-refractivity contribution in [1.82, 2.24) is 5.32 Å². The van der Waals surface area contributed by atoms with E-state index in [-0.39, 0.29) is 19.6 Å². The molecule has 0 aliphatic heterocycles. The van der Waals surface area contributed by atoms with Crippen LogP contribution in [0.3, 0.4) is 0 Å². The van der Waals surface area contributed by atoms with Crippen LogP contribution in [0.15, 0.2) is 74.9 Å². The zero-order valence-electron chi connectivity index (χ0n) is 16.6. The van der Waals surface area contributed by atoms with Crippen molar-refractivity contribution >= 4 is 11.8 Å². The standard InChI is InChI=1S/C23H27NO4S/c1-16-3-12-22(28-16)18-6-10-20(11-7-18)29-19-8-4-17(5-9-19)21(27)13-23(14-25,15-26)24-2/h3-12,21,24-27H,13-15H2,1-2H3. The van der Waals surface area contributed by atoms with Gasteiger partial charge in [-0.1, -0.05) is 36.0 Å². The van der Waals surface area contributed by atoms with Crippen LogP contribution in [0.2, 0.25) is 0 Å². The van der Waals surface area contributed by atoms with E-state index in [0.717, 1.165) is 32.4 Å². The predicted octanol–water partition coefficient (Wildman–Crippen LogP) is 3.77. The molecule has 0 spiro atoms. The first-order chi connectivity index (χ1) is 14.0. The number of nitrogens with one attached hydrogen (secondary N) is 1. The Morgan fingerprint density at radius 1 is 0.931 bits per heavy atom. The lowest BCUT2D eigenvalue weighted by Crippen LogP contribution is -2.50. The summed E-state index contributed by atoms with van der Waals surface area (Å²) in [5, 5.41) is 32.5. The number of aliphatic hydroxyl groups excluding tert-OH is 3. The van der Waals surface area contributed by atoms with Crippen molar-refractivity contribution in [3.05, 3.63) is 72.0 Å². The van der Waals surface area contributed by atoms with Gasteiger partial charge in [-0.05, 0) is 55.9 Å². The van der Waals surface area contributed by atoms with Crippen molar-refractivity contribution in [3.63, 3.8) is 0 Å². The lowest BCUT2D eigenvalue weighted by Gasteiger charge is -2.31. The normalized spacial score (nSPS) is 12.9. The Morgan fingerprint density at radius 3 is 2.00 bits per heavy atom. The molecular formula is C23H27NO4S. The van der Waals surface area contributed by atoms with E-state index >= 15 is 0 Å². The number of hydrogen-bond acceptors (Lipinski definition) is 6. The van der Waals surface area contributed by atoms with E-state index in [1.165, 1.54) is 0 Å². The van der Waals surface area contributed by atoms with Crippen molar-refractivity contribution in [2.75, 3.05) is 20.3 Å². The fourth-order valence-electron chi connectivity index (χ4n) is 3.10. The number of aryl methyl sites for hydroxylation is 1. The Labute approximate surface area is 175 Å². The van der Waals surface area contributed by atoms with Crippen LogP contribution < -0.4 is 5.32 Å². The average molecular weight is 414 g/mol. The molecule has 1 atom stereocenters. The average Bonchev–Trinajstić information content (AvgIpc) is 3.19. The minimum atomic E-state index is -0.902. The van der Waals surface area contributed by atoms with Crippen molar-refractivity contribution in [3.8, 4) is 11.3 Å². The lowest BCUT2D eigenvalue weighted by atomic mass is 9.91. The summed E-state index contributed by atoms with van der Waals surface area (Å²) >= 11 is 1.64. The van der Waals surface area contributed by atoms with Gasteiger partial charge in [0.2, 0.25) is 0 Å². The second-order valence-corrected chi connectivity index (χ2v) is 8.32. The molecule has 0 saturated heterocycles. The largest absolute Gasteiger partial charge is 0.461 e. The Balaban J connectivity index is 1.64. The molecule has 0 bridgehead atoms. The van der Waals surface area contributed by atoms with Gasteiger partial charge >= 0.3 is 0 Å². The second-order valence-electron chi connectivity index (χ2n) is 7.17. The van der Waals surface area contributed by atoms with Crippen LogP contribution >= 0.6 is 11.8 Å². The Kier molecular flexibility index (Phi) is 7.16. The Bertz CT molecular complexity index is 893. The van der Waals surface area contributed by atoms with Gasteiger partial charge in [0.15, 0.2) is 0 Å². The van der Waals surface area contributed by atoms with Gasteiger partial charge in [-0.2, -0.15) is 0 Å². The summed E-state index contributed by atoms with van der Waals surface area (Å²) in [6, 6.07) is 19.8. The number of likely N-dealkylation sites (N-methyl/N-ethyl adjacent to an activating group) is 1. The number of rotatable bonds is 9. The van der Waals surface area contributed by atoms with Crippen LogP contribution in [0.25, 0.3) is 11.3 Å². The molecular weight excluding hydrogens is 386 g/mol. The number of hydrogen-bond donors (Lipinski definition) is 4. The van der Waals surface area contributed by atoms with Crippen LogP contribution in [-0.4, -0.2) is 41.1 Å². The highest BCUT2D eigenvalue weighted by Gasteiger charge is 2.30.